The monoisotopic (exact) mass is 275 g/mol. The molecule has 3 nitrogen and oxygen atoms in total. The Morgan fingerprint density at radius 3 is 1.65 bits per heavy atom. The highest BCUT2D eigenvalue weighted by Crippen LogP contribution is 1.96. The Kier molecular flexibility index (Phi) is 19.3. The summed E-state index contributed by atoms with van der Waals surface area (Å²) in [6, 6.07) is 0. The van der Waals surface area contributed by atoms with Crippen molar-refractivity contribution in [2.24, 2.45) is 15.7 Å². The van der Waals surface area contributed by atoms with Crippen LogP contribution >= 0.6 is 0 Å². The lowest BCUT2D eigenvalue weighted by atomic mass is 10.1. The Balaban J connectivity index is -0.000000258. The lowest BCUT2D eigenvalue weighted by molar-refractivity contribution is 1.42. The molecular formula is C17H29N3. The van der Waals surface area contributed by atoms with Gasteiger partial charge in [-0.3, -0.25) is 9.98 Å². The topological polar surface area (TPSA) is 50.7 Å². The summed E-state index contributed by atoms with van der Waals surface area (Å²) in [5, 5.41) is 0. The van der Waals surface area contributed by atoms with Gasteiger partial charge in [0.1, 0.15) is 0 Å². The molecule has 0 aromatic heterocycles. The first kappa shape index (κ1) is 23.0. The van der Waals surface area contributed by atoms with Crippen molar-refractivity contribution in [3.8, 4) is 0 Å². The third-order valence-corrected chi connectivity index (χ3v) is 1.91. The van der Waals surface area contributed by atoms with E-state index in [-0.39, 0.29) is 7.43 Å². The third kappa shape index (κ3) is 11.0. The molecule has 0 saturated carbocycles. The molecule has 0 fully saturated rings. The fraction of sp³-hybridized carbons (Fsp3) is 0.294. The predicted octanol–water partition coefficient (Wildman–Crippen LogP) is 4.12. The number of rotatable bonds is 2. The molecule has 0 saturated heterocycles. The van der Waals surface area contributed by atoms with Crippen LogP contribution in [0.1, 0.15) is 21.3 Å². The van der Waals surface area contributed by atoms with Gasteiger partial charge in [-0.2, -0.15) is 0 Å². The van der Waals surface area contributed by atoms with Crippen molar-refractivity contribution in [3.05, 3.63) is 61.4 Å². The summed E-state index contributed by atoms with van der Waals surface area (Å²) in [4.78, 5) is 8.10. The van der Waals surface area contributed by atoms with Crippen LogP contribution < -0.4 is 5.73 Å². The van der Waals surface area contributed by atoms with Gasteiger partial charge in [0, 0.05) is 19.8 Å². The second kappa shape index (κ2) is 16.8. The highest BCUT2D eigenvalue weighted by molar-refractivity contribution is 6.51. The molecule has 0 aromatic carbocycles. The largest absolute Gasteiger partial charge is 0.399 e. The van der Waals surface area contributed by atoms with Crippen molar-refractivity contribution < 1.29 is 0 Å². The first-order valence-electron chi connectivity index (χ1n) is 6.18. The average molecular weight is 275 g/mol. The van der Waals surface area contributed by atoms with Crippen LogP contribution in [0.25, 0.3) is 0 Å². The van der Waals surface area contributed by atoms with E-state index in [4.69, 9.17) is 5.73 Å². The molecule has 0 heterocycles. The summed E-state index contributed by atoms with van der Waals surface area (Å²) in [5.41, 5.74) is 7.80. The van der Waals surface area contributed by atoms with E-state index in [2.05, 4.69) is 23.1 Å². The van der Waals surface area contributed by atoms with Crippen LogP contribution in [-0.4, -0.2) is 25.5 Å². The van der Waals surface area contributed by atoms with Gasteiger partial charge in [-0.25, -0.2) is 0 Å². The van der Waals surface area contributed by atoms with Crippen molar-refractivity contribution in [3.63, 3.8) is 0 Å². The standard InChI is InChI=1S/C8H10N2.C6H9N.C2H6.CH4/c1-9-7-5-3-4-6-8(7)10-2;1-3-5-6(7)4-2;1-2;/h3-6H,1-2H3;3-5H,1-2,7H2;1-2H3;1H4/b;6-5+;;. The number of allylic oxidation sites excluding steroid dienone is 7. The van der Waals surface area contributed by atoms with Gasteiger partial charge in [0.25, 0.3) is 0 Å². The van der Waals surface area contributed by atoms with Crippen LogP contribution in [0.3, 0.4) is 0 Å². The van der Waals surface area contributed by atoms with Crippen molar-refractivity contribution in [2.45, 2.75) is 21.3 Å². The Bertz CT molecular complexity index is 382. The second-order valence-corrected chi connectivity index (χ2v) is 3.04. The first-order chi connectivity index (χ1) is 9.19. The minimum absolute atomic E-state index is 0. The summed E-state index contributed by atoms with van der Waals surface area (Å²) in [6.45, 7) is 10.9. The molecule has 1 aliphatic rings. The number of aliphatic imine (C=N–C) groups is 2. The maximum absolute atomic E-state index is 5.26. The highest BCUT2D eigenvalue weighted by atomic mass is 14.8. The molecule has 0 radical (unpaired) electrons. The van der Waals surface area contributed by atoms with Gasteiger partial charge in [-0.05, 0) is 24.3 Å². The molecule has 1 aliphatic carbocycles. The van der Waals surface area contributed by atoms with Crippen LogP contribution in [-0.2, 0) is 0 Å². The molecule has 112 valence electrons. The van der Waals surface area contributed by atoms with E-state index < -0.39 is 0 Å². The van der Waals surface area contributed by atoms with Crippen molar-refractivity contribution in [2.75, 3.05) is 14.1 Å². The average Bonchev–Trinajstić information content (AvgIpc) is 2.50. The summed E-state index contributed by atoms with van der Waals surface area (Å²) in [7, 11) is 3.54. The second-order valence-electron chi connectivity index (χ2n) is 3.04. The number of nitrogens with two attached hydrogens (primary N) is 1. The highest BCUT2D eigenvalue weighted by Gasteiger charge is 2.01. The quantitative estimate of drug-likeness (QED) is 0.598. The van der Waals surface area contributed by atoms with Gasteiger partial charge in [0.2, 0.25) is 0 Å². The van der Waals surface area contributed by atoms with Crippen molar-refractivity contribution in [1.82, 2.24) is 0 Å². The molecule has 0 atom stereocenters. The van der Waals surface area contributed by atoms with E-state index in [0.29, 0.717) is 5.70 Å². The van der Waals surface area contributed by atoms with Gasteiger partial charge < -0.3 is 5.73 Å². The van der Waals surface area contributed by atoms with Gasteiger partial charge in [0.05, 0.1) is 11.4 Å². The number of hydrogen-bond acceptors (Lipinski definition) is 3. The Morgan fingerprint density at radius 2 is 1.45 bits per heavy atom. The Hall–Kier alpha value is -2.16. The minimum atomic E-state index is 0. The lowest BCUT2D eigenvalue weighted by Gasteiger charge is -2.01. The van der Waals surface area contributed by atoms with Crippen LogP contribution in [0.5, 0.6) is 0 Å². The summed E-state index contributed by atoms with van der Waals surface area (Å²) in [5.74, 6) is 0. The molecule has 1 rings (SSSR count). The third-order valence-electron chi connectivity index (χ3n) is 1.91. The molecule has 0 bridgehead atoms. The zero-order valence-electron chi connectivity index (χ0n) is 12.4. The minimum Gasteiger partial charge on any atom is -0.399 e. The lowest BCUT2D eigenvalue weighted by Crippen LogP contribution is -2.10. The zero-order chi connectivity index (χ0) is 15.1. The van der Waals surface area contributed by atoms with E-state index >= 15 is 0 Å². The van der Waals surface area contributed by atoms with E-state index in [1.165, 1.54) is 0 Å². The van der Waals surface area contributed by atoms with E-state index in [0.717, 1.165) is 11.4 Å². The smallest absolute Gasteiger partial charge is 0.0822 e. The summed E-state index contributed by atoms with van der Waals surface area (Å²) < 4.78 is 0. The Morgan fingerprint density at radius 1 is 1.05 bits per heavy atom. The molecular weight excluding hydrogens is 246 g/mol. The fourth-order valence-corrected chi connectivity index (χ4v) is 1.05. The molecule has 3 heteroatoms. The Labute approximate surface area is 124 Å². The van der Waals surface area contributed by atoms with Crippen molar-refractivity contribution in [1.29, 1.82) is 0 Å². The van der Waals surface area contributed by atoms with Crippen LogP contribution in [0.15, 0.2) is 71.4 Å². The summed E-state index contributed by atoms with van der Waals surface area (Å²) in [6.07, 6.45) is 12.7. The molecule has 2 N–H and O–H groups in total. The number of hydrogen-bond donors (Lipinski definition) is 1. The predicted molar refractivity (Wildman–Crippen MR) is 95.7 cm³/mol. The molecule has 0 spiro atoms. The normalized spacial score (nSPS) is 16.3. The van der Waals surface area contributed by atoms with Crippen molar-refractivity contribution >= 4 is 11.4 Å². The SMILES string of the molecule is C.C=C/C=C(/N)C=C.CC.CN=C1C=CC=CC1=NC. The number of nitrogens with zero attached hydrogens (tertiary/aromatic N) is 2. The van der Waals surface area contributed by atoms with Gasteiger partial charge in [-0.1, -0.05) is 52.7 Å². The van der Waals surface area contributed by atoms with Gasteiger partial charge >= 0.3 is 0 Å². The van der Waals surface area contributed by atoms with E-state index in [1.54, 1.807) is 32.3 Å². The van der Waals surface area contributed by atoms with Crippen LogP contribution in [0.4, 0.5) is 0 Å². The van der Waals surface area contributed by atoms with E-state index in [1.807, 2.05) is 38.2 Å². The zero-order valence-corrected chi connectivity index (χ0v) is 12.4. The van der Waals surface area contributed by atoms with Crippen LogP contribution in [0, 0.1) is 0 Å². The van der Waals surface area contributed by atoms with Gasteiger partial charge in [-0.15, -0.1) is 0 Å². The maximum atomic E-state index is 5.26. The molecule has 0 unspecified atom stereocenters. The van der Waals surface area contributed by atoms with Crippen LogP contribution in [0.2, 0.25) is 0 Å². The fourth-order valence-electron chi connectivity index (χ4n) is 1.05. The molecule has 0 amide bonds. The molecule has 20 heavy (non-hydrogen) atoms. The van der Waals surface area contributed by atoms with Gasteiger partial charge in [0.15, 0.2) is 0 Å². The summed E-state index contributed by atoms with van der Waals surface area (Å²) >= 11 is 0. The first-order valence-corrected chi connectivity index (χ1v) is 6.18. The molecule has 0 aromatic rings. The molecule has 0 aliphatic heterocycles. The van der Waals surface area contributed by atoms with E-state index in [9.17, 15) is 0 Å². The maximum Gasteiger partial charge on any atom is 0.0822 e.